The van der Waals surface area contributed by atoms with Gasteiger partial charge in [-0.25, -0.2) is 0 Å². The predicted molar refractivity (Wildman–Crippen MR) is 127 cm³/mol. The molecule has 36 heavy (non-hydrogen) atoms. The number of imide groups is 1. The minimum Gasteiger partial charge on any atom is -0.269 e. The van der Waals surface area contributed by atoms with Crippen molar-refractivity contribution in [1.29, 1.82) is 0 Å². The molecule has 0 saturated heterocycles. The highest BCUT2D eigenvalue weighted by molar-refractivity contribution is 7.87. The molecule has 5 rings (SSSR count). The summed E-state index contributed by atoms with van der Waals surface area (Å²) in [5.41, 5.74) is -4.85. The first-order valence-corrected chi connectivity index (χ1v) is 12.3. The minimum absolute atomic E-state index is 0.0942. The molecule has 1 aliphatic rings. The van der Waals surface area contributed by atoms with Crippen molar-refractivity contribution in [3.8, 4) is 0 Å². The Morgan fingerprint density at radius 1 is 0.750 bits per heavy atom. The molecule has 0 aromatic heterocycles. The van der Waals surface area contributed by atoms with Gasteiger partial charge in [-0.05, 0) is 57.8 Å². The summed E-state index contributed by atoms with van der Waals surface area (Å²) in [6, 6.07) is 21.6. The maximum Gasteiger partial charge on any atom is 0.523 e. The van der Waals surface area contributed by atoms with Gasteiger partial charge < -0.3 is 0 Å². The standard InChI is InChI=1S/C26H18F3NO5S/c27-26(28,29)36(33,34)35-15-21(10-16-6-2-1-3-7-16)30-24(31)22-13-19-11-17-8-4-5-9-18(17)12-20(19)14-23(22)25(30)32/h1-9,11-14,21H,10,15H2. The fraction of sp³-hybridized carbons (Fsp3) is 0.154. The Hall–Kier alpha value is -3.76. The fourth-order valence-electron chi connectivity index (χ4n) is 4.38. The average Bonchev–Trinajstić information content (AvgIpc) is 3.08. The van der Waals surface area contributed by atoms with E-state index in [1.807, 2.05) is 36.4 Å². The van der Waals surface area contributed by atoms with Crippen molar-refractivity contribution in [2.24, 2.45) is 0 Å². The molecule has 0 radical (unpaired) electrons. The average molecular weight is 513 g/mol. The zero-order valence-electron chi connectivity index (χ0n) is 18.5. The second-order valence-electron chi connectivity index (χ2n) is 8.45. The predicted octanol–water partition coefficient (Wildman–Crippen LogP) is 5.07. The lowest BCUT2D eigenvalue weighted by molar-refractivity contribution is -0.0551. The van der Waals surface area contributed by atoms with Crippen molar-refractivity contribution < 1.29 is 35.4 Å². The van der Waals surface area contributed by atoms with E-state index < -0.39 is 40.1 Å². The lowest BCUT2D eigenvalue weighted by atomic mass is 9.99. The summed E-state index contributed by atoms with van der Waals surface area (Å²) in [6.07, 6.45) is -0.0942. The summed E-state index contributed by atoms with van der Waals surface area (Å²) in [5, 5.41) is 3.30. The van der Waals surface area contributed by atoms with Crippen LogP contribution >= 0.6 is 0 Å². The molecule has 4 aromatic carbocycles. The normalized spacial score (nSPS) is 15.0. The van der Waals surface area contributed by atoms with Gasteiger partial charge in [0.1, 0.15) is 0 Å². The van der Waals surface area contributed by atoms with E-state index in [2.05, 4.69) is 4.18 Å². The SMILES string of the molecule is O=C1c2cc3cc4ccccc4cc3cc2C(=O)N1C(COS(=O)(=O)C(F)(F)F)Cc1ccccc1. The number of fused-ring (bicyclic) bond motifs is 3. The number of hydrogen-bond donors (Lipinski definition) is 0. The van der Waals surface area contributed by atoms with E-state index in [1.54, 1.807) is 42.5 Å². The maximum absolute atomic E-state index is 13.3. The van der Waals surface area contributed by atoms with Gasteiger partial charge in [0.05, 0.1) is 23.8 Å². The van der Waals surface area contributed by atoms with E-state index in [1.165, 1.54) is 0 Å². The second kappa shape index (κ2) is 8.72. The van der Waals surface area contributed by atoms with E-state index in [-0.39, 0.29) is 17.5 Å². The Labute approximate surface area is 204 Å². The molecule has 0 bridgehead atoms. The van der Waals surface area contributed by atoms with Crippen LogP contribution in [0.15, 0.2) is 78.9 Å². The molecular weight excluding hydrogens is 495 g/mol. The minimum atomic E-state index is -5.92. The summed E-state index contributed by atoms with van der Waals surface area (Å²) >= 11 is 0. The highest BCUT2D eigenvalue weighted by atomic mass is 32.2. The first-order chi connectivity index (χ1) is 17.0. The largest absolute Gasteiger partial charge is 0.523 e. The smallest absolute Gasteiger partial charge is 0.269 e. The van der Waals surface area contributed by atoms with E-state index in [9.17, 15) is 31.2 Å². The third kappa shape index (κ3) is 4.22. The van der Waals surface area contributed by atoms with Crippen LogP contribution in [0.2, 0.25) is 0 Å². The van der Waals surface area contributed by atoms with E-state index >= 15 is 0 Å². The van der Waals surface area contributed by atoms with Gasteiger partial charge in [-0.3, -0.25) is 18.7 Å². The first kappa shape index (κ1) is 24.0. The Morgan fingerprint density at radius 3 is 1.75 bits per heavy atom. The molecule has 1 unspecified atom stereocenters. The topological polar surface area (TPSA) is 80.8 Å². The summed E-state index contributed by atoms with van der Waals surface area (Å²) in [5.74, 6) is -1.45. The summed E-state index contributed by atoms with van der Waals surface area (Å²) < 4.78 is 66.0. The van der Waals surface area contributed by atoms with Crippen LogP contribution in [-0.2, 0) is 20.7 Å². The second-order valence-corrected chi connectivity index (χ2v) is 10.1. The fourth-order valence-corrected chi connectivity index (χ4v) is 4.85. The number of halogens is 3. The number of alkyl halides is 3. The third-order valence-electron chi connectivity index (χ3n) is 6.12. The molecule has 0 fully saturated rings. The third-order valence-corrected chi connectivity index (χ3v) is 7.13. The van der Waals surface area contributed by atoms with Gasteiger partial charge in [0.2, 0.25) is 0 Å². The van der Waals surface area contributed by atoms with Crippen LogP contribution in [0, 0.1) is 0 Å². The van der Waals surface area contributed by atoms with Crippen LogP contribution in [0.5, 0.6) is 0 Å². The number of amides is 2. The van der Waals surface area contributed by atoms with E-state index in [0.29, 0.717) is 16.3 Å². The summed E-state index contributed by atoms with van der Waals surface area (Å²) in [7, 11) is -5.92. The van der Waals surface area contributed by atoms with Crippen molar-refractivity contribution in [3.63, 3.8) is 0 Å². The maximum atomic E-state index is 13.3. The van der Waals surface area contributed by atoms with Gasteiger partial charge in [-0.2, -0.15) is 21.6 Å². The number of nitrogens with zero attached hydrogens (tertiary/aromatic N) is 1. The molecule has 0 aliphatic carbocycles. The van der Waals surface area contributed by atoms with Gasteiger partial charge in [-0.1, -0.05) is 54.6 Å². The molecule has 0 saturated carbocycles. The highest BCUT2D eigenvalue weighted by Gasteiger charge is 2.48. The molecule has 4 aromatic rings. The Morgan fingerprint density at radius 2 is 1.25 bits per heavy atom. The number of hydrogen-bond acceptors (Lipinski definition) is 5. The molecule has 184 valence electrons. The summed E-state index contributed by atoms with van der Waals surface area (Å²) in [4.78, 5) is 27.5. The highest BCUT2D eigenvalue weighted by Crippen LogP contribution is 2.33. The van der Waals surface area contributed by atoms with Gasteiger partial charge in [-0.15, -0.1) is 0 Å². The molecule has 1 atom stereocenters. The van der Waals surface area contributed by atoms with Gasteiger partial charge >= 0.3 is 15.6 Å². The lowest BCUT2D eigenvalue weighted by Gasteiger charge is -2.26. The zero-order chi connectivity index (χ0) is 25.7. The summed E-state index contributed by atoms with van der Waals surface area (Å²) in [6.45, 7) is -1.04. The quantitative estimate of drug-likeness (QED) is 0.156. The van der Waals surface area contributed by atoms with Crippen LogP contribution in [0.25, 0.3) is 21.5 Å². The van der Waals surface area contributed by atoms with E-state index in [0.717, 1.165) is 15.7 Å². The van der Waals surface area contributed by atoms with Crippen LogP contribution in [0.4, 0.5) is 13.2 Å². The zero-order valence-corrected chi connectivity index (χ0v) is 19.3. The van der Waals surface area contributed by atoms with Gasteiger partial charge in [0, 0.05) is 0 Å². The van der Waals surface area contributed by atoms with E-state index in [4.69, 9.17) is 0 Å². The van der Waals surface area contributed by atoms with Crippen LogP contribution < -0.4 is 0 Å². The molecule has 1 heterocycles. The molecule has 0 N–H and O–H groups in total. The van der Waals surface area contributed by atoms with Crippen LogP contribution in [0.1, 0.15) is 26.3 Å². The van der Waals surface area contributed by atoms with Gasteiger partial charge in [0.25, 0.3) is 11.8 Å². The van der Waals surface area contributed by atoms with Crippen LogP contribution in [-0.4, -0.2) is 43.3 Å². The Balaban J connectivity index is 1.54. The number of rotatable bonds is 6. The number of carbonyl (C=O) groups excluding carboxylic acids is 2. The molecule has 1 aliphatic heterocycles. The monoisotopic (exact) mass is 513 g/mol. The number of carbonyl (C=O) groups is 2. The van der Waals surface area contributed by atoms with Crippen molar-refractivity contribution in [2.75, 3.05) is 6.61 Å². The van der Waals surface area contributed by atoms with Crippen molar-refractivity contribution in [1.82, 2.24) is 4.90 Å². The Bertz CT molecular complexity index is 1540. The molecule has 10 heteroatoms. The number of benzene rings is 4. The van der Waals surface area contributed by atoms with Crippen molar-refractivity contribution in [3.05, 3.63) is 95.6 Å². The molecule has 0 spiro atoms. The molecule has 6 nitrogen and oxygen atoms in total. The van der Waals surface area contributed by atoms with Crippen LogP contribution in [0.3, 0.4) is 0 Å². The van der Waals surface area contributed by atoms with Gasteiger partial charge in [0.15, 0.2) is 0 Å². The van der Waals surface area contributed by atoms with Crippen molar-refractivity contribution in [2.45, 2.75) is 18.0 Å². The first-order valence-electron chi connectivity index (χ1n) is 10.9. The lowest BCUT2D eigenvalue weighted by Crippen LogP contribution is -2.45. The molecular formula is C26H18F3NO5S. The van der Waals surface area contributed by atoms with Crippen molar-refractivity contribution >= 4 is 43.5 Å². The Kier molecular flexibility index (Phi) is 5.80. The molecule has 2 amide bonds.